The highest BCUT2D eigenvalue weighted by Gasteiger charge is 2.02. The Balaban J connectivity index is 3.09. The zero-order chi connectivity index (χ0) is 8.74. The Morgan fingerprint density at radius 3 is 2.36 bits per heavy atom. The maximum Gasteiger partial charge on any atom is 0.168 e. The molecule has 5 heteroatoms. The van der Waals surface area contributed by atoms with Crippen LogP contribution in [-0.2, 0) is 16.3 Å². The zero-order valence-electron chi connectivity index (χ0n) is 6.69. The molecule has 0 heterocycles. The van der Waals surface area contributed by atoms with E-state index in [1.807, 2.05) is 0 Å². The number of hydrogen-bond donors (Lipinski definition) is 2. The lowest BCUT2D eigenvalue weighted by atomic mass is 10.2. The summed E-state index contributed by atoms with van der Waals surface area (Å²) in [7, 11) is 0. The third kappa shape index (κ3) is 11.3. The molecule has 0 unspecified atom stereocenters. The first-order valence-corrected chi connectivity index (χ1v) is 8.79. The Labute approximate surface area is 84.7 Å². The van der Waals surface area contributed by atoms with E-state index in [-0.39, 0.29) is 0 Å². The average molecular weight is 230 g/mol. The monoisotopic (exact) mass is 230 g/mol. The van der Waals surface area contributed by atoms with Gasteiger partial charge >= 0.3 is 0 Å². The number of hydrogen-bond acceptors (Lipinski definition) is 2. The highest BCUT2D eigenvalue weighted by Crippen LogP contribution is 2.56. The van der Waals surface area contributed by atoms with Gasteiger partial charge in [-0.25, -0.2) is 0 Å². The first-order chi connectivity index (χ1) is 5.06. The molecule has 0 atom stereocenters. The summed E-state index contributed by atoms with van der Waals surface area (Å²) in [4.78, 5) is 0. The van der Waals surface area contributed by atoms with Gasteiger partial charge in [0.25, 0.3) is 0 Å². The van der Waals surface area contributed by atoms with E-state index in [4.69, 9.17) is 16.3 Å². The molecule has 0 aliphatic rings. The molecule has 0 spiro atoms. The van der Waals surface area contributed by atoms with E-state index in [2.05, 4.69) is 31.4 Å². The fourth-order valence-corrected chi connectivity index (χ4v) is 1.79. The minimum absolute atomic E-state index is 0.713. The molecule has 0 fully saturated rings. The quantitative estimate of drug-likeness (QED) is 0.409. The van der Waals surface area contributed by atoms with Crippen molar-refractivity contribution in [2.45, 2.75) is 32.6 Å². The smallest absolute Gasteiger partial charge is 0.168 e. The number of rotatable bonds is 6. The van der Waals surface area contributed by atoms with Gasteiger partial charge in [-0.05, 0) is 18.2 Å². The molecular weight excluding hydrogens is 215 g/mol. The second kappa shape index (κ2) is 6.79. The van der Waals surface area contributed by atoms with Crippen LogP contribution in [0.1, 0.15) is 32.6 Å². The molecule has 1 nitrogen and oxygen atoms in total. The molecule has 0 bridgehead atoms. The van der Waals surface area contributed by atoms with Crippen LogP contribution in [0.5, 0.6) is 0 Å². The summed E-state index contributed by atoms with van der Waals surface area (Å²) in [6.07, 6.45) is 4.81. The van der Waals surface area contributed by atoms with Crippen molar-refractivity contribution >= 4 is 41.0 Å². The van der Waals surface area contributed by atoms with Crippen LogP contribution >= 0.6 is 29.2 Å². The molecule has 0 N–H and O–H groups in total. The van der Waals surface area contributed by atoms with Crippen LogP contribution in [-0.4, -0.2) is 6.61 Å². The lowest BCUT2D eigenvalue weighted by Gasteiger charge is -2.08. The molecule has 0 aromatic rings. The van der Waals surface area contributed by atoms with Crippen molar-refractivity contribution in [1.29, 1.82) is 0 Å². The van der Waals surface area contributed by atoms with Gasteiger partial charge in [0.2, 0.25) is 0 Å². The number of thiol groups is 2. The summed E-state index contributed by atoms with van der Waals surface area (Å²) in [5, 5.41) is 0. The van der Waals surface area contributed by atoms with Crippen LogP contribution in [0.3, 0.4) is 0 Å². The molecule has 0 aliphatic heterocycles. The Morgan fingerprint density at radius 2 is 1.91 bits per heavy atom. The lowest BCUT2D eigenvalue weighted by molar-refractivity contribution is 0.349. The second-order valence-electron chi connectivity index (χ2n) is 2.38. The maximum absolute atomic E-state index is 5.23. The third-order valence-electron chi connectivity index (χ3n) is 1.26. The summed E-state index contributed by atoms with van der Waals surface area (Å²) in [5.41, 5.74) is 0. The molecule has 0 rings (SSSR count). The van der Waals surface area contributed by atoms with E-state index < -0.39 is 4.67 Å². The van der Waals surface area contributed by atoms with Crippen molar-refractivity contribution in [3.05, 3.63) is 0 Å². The van der Waals surface area contributed by atoms with Crippen molar-refractivity contribution in [3.63, 3.8) is 0 Å². The summed E-state index contributed by atoms with van der Waals surface area (Å²) in [5.74, 6) is 0. The van der Waals surface area contributed by atoms with E-state index in [0.29, 0.717) is 6.61 Å². The molecule has 0 saturated carbocycles. The predicted molar refractivity (Wildman–Crippen MR) is 62.4 cm³/mol. The van der Waals surface area contributed by atoms with Crippen molar-refractivity contribution in [1.82, 2.24) is 0 Å². The largest absolute Gasteiger partial charge is 0.334 e. The van der Waals surface area contributed by atoms with E-state index in [1.54, 1.807) is 0 Å². The minimum atomic E-state index is -1.99. The molecule has 68 valence electrons. The Hall–Kier alpha value is 1.31. The van der Waals surface area contributed by atoms with Crippen molar-refractivity contribution in [2.75, 3.05) is 6.61 Å². The molecule has 0 aromatic carbocycles. The molecule has 11 heavy (non-hydrogen) atoms. The third-order valence-corrected chi connectivity index (χ3v) is 2.79. The molecule has 0 saturated heterocycles. The zero-order valence-corrected chi connectivity index (χ0v) is 10.2. The van der Waals surface area contributed by atoms with Gasteiger partial charge in [0.1, 0.15) is 0 Å². The van der Waals surface area contributed by atoms with Gasteiger partial charge in [-0.1, -0.05) is 26.2 Å². The van der Waals surface area contributed by atoms with Crippen LogP contribution in [0, 0.1) is 0 Å². The van der Waals surface area contributed by atoms with Gasteiger partial charge in [-0.3, -0.25) is 0 Å². The van der Waals surface area contributed by atoms with Crippen molar-refractivity contribution in [3.8, 4) is 0 Å². The summed E-state index contributed by atoms with van der Waals surface area (Å²) >= 11 is 13.0. The topological polar surface area (TPSA) is 9.23 Å². The normalized spacial score (nSPS) is 11.9. The SMILES string of the molecule is CCCCCCOP(=S)(S)S. The molecule has 0 aromatic heterocycles. The first-order valence-electron chi connectivity index (χ1n) is 3.76. The highest BCUT2D eigenvalue weighted by molar-refractivity contribution is 8.90. The molecular formula is C6H15OPS3. The minimum Gasteiger partial charge on any atom is -0.334 e. The Bertz CT molecular complexity index is 134. The number of unbranched alkanes of at least 4 members (excludes halogenated alkanes) is 3. The van der Waals surface area contributed by atoms with Gasteiger partial charge < -0.3 is 4.52 Å². The second-order valence-corrected chi connectivity index (χ2v) is 11.1. The Morgan fingerprint density at radius 1 is 1.27 bits per heavy atom. The van der Waals surface area contributed by atoms with E-state index >= 15 is 0 Å². The summed E-state index contributed by atoms with van der Waals surface area (Å²) in [6, 6.07) is 0. The van der Waals surface area contributed by atoms with Gasteiger partial charge in [0, 0.05) is 0 Å². The summed E-state index contributed by atoms with van der Waals surface area (Å²) < 4.78 is 3.24. The lowest BCUT2D eigenvalue weighted by Crippen LogP contribution is -1.86. The van der Waals surface area contributed by atoms with Crippen LogP contribution in [0.4, 0.5) is 0 Å². The fourth-order valence-electron chi connectivity index (χ4n) is 0.712. The van der Waals surface area contributed by atoms with Crippen LogP contribution < -0.4 is 0 Å². The molecule has 0 radical (unpaired) electrons. The highest BCUT2D eigenvalue weighted by atomic mass is 33.2. The standard InChI is InChI=1S/C6H15OPS3/c1-2-3-4-5-6-7-8(9,10)11/h2-6H2,1H3,(H2,9,10,11). The first kappa shape index (κ1) is 12.3. The van der Waals surface area contributed by atoms with Gasteiger partial charge in [-0.15, -0.1) is 24.5 Å². The van der Waals surface area contributed by atoms with Gasteiger partial charge in [-0.2, -0.15) is 0 Å². The van der Waals surface area contributed by atoms with Crippen LogP contribution in [0.15, 0.2) is 0 Å². The maximum atomic E-state index is 5.23. The Kier molecular flexibility index (Phi) is 7.59. The van der Waals surface area contributed by atoms with E-state index in [9.17, 15) is 0 Å². The molecule has 0 amide bonds. The molecule has 0 aliphatic carbocycles. The van der Waals surface area contributed by atoms with E-state index in [0.717, 1.165) is 6.42 Å². The van der Waals surface area contributed by atoms with Crippen LogP contribution in [0.25, 0.3) is 0 Å². The van der Waals surface area contributed by atoms with Crippen molar-refractivity contribution in [2.24, 2.45) is 0 Å². The van der Waals surface area contributed by atoms with E-state index in [1.165, 1.54) is 19.3 Å². The van der Waals surface area contributed by atoms with Gasteiger partial charge in [0.15, 0.2) is 4.67 Å². The van der Waals surface area contributed by atoms with Crippen molar-refractivity contribution < 1.29 is 4.52 Å². The fraction of sp³-hybridized carbons (Fsp3) is 1.00. The van der Waals surface area contributed by atoms with Crippen LogP contribution in [0.2, 0.25) is 0 Å². The average Bonchev–Trinajstić information content (AvgIpc) is 1.85. The predicted octanol–water partition coefficient (Wildman–Crippen LogP) is 3.67. The van der Waals surface area contributed by atoms with Gasteiger partial charge in [0.05, 0.1) is 6.61 Å². The summed E-state index contributed by atoms with van der Waals surface area (Å²) in [6.45, 7) is 2.90.